The summed E-state index contributed by atoms with van der Waals surface area (Å²) in [5.41, 5.74) is 3.63. The van der Waals surface area contributed by atoms with Gasteiger partial charge in [-0.05, 0) is 44.9 Å². The van der Waals surface area contributed by atoms with Crippen LogP contribution in [0.4, 0.5) is 17.6 Å². The monoisotopic (exact) mass is 342 g/mol. The fourth-order valence-corrected chi connectivity index (χ4v) is 3.89. The molecule has 0 spiro atoms. The number of fused-ring (bicyclic) bond motifs is 1. The minimum absolute atomic E-state index is 0.271. The zero-order chi connectivity index (χ0) is 16.7. The van der Waals surface area contributed by atoms with Crippen molar-refractivity contribution in [3.05, 3.63) is 23.7 Å². The Morgan fingerprint density at radius 3 is 2.75 bits per heavy atom. The van der Waals surface area contributed by atoms with Gasteiger partial charge in [-0.1, -0.05) is 0 Å². The SMILES string of the molecule is CC1CCC(C)N1c1nc(O)nc(Nc2ccc3ncsc3c2)n1. The lowest BCUT2D eigenvalue weighted by molar-refractivity contribution is 0.428. The van der Waals surface area contributed by atoms with E-state index >= 15 is 0 Å². The van der Waals surface area contributed by atoms with Gasteiger partial charge in [0.1, 0.15) is 0 Å². The number of anilines is 3. The van der Waals surface area contributed by atoms with Crippen LogP contribution in [0.15, 0.2) is 23.7 Å². The van der Waals surface area contributed by atoms with Crippen LogP contribution in [-0.4, -0.2) is 37.1 Å². The molecule has 124 valence electrons. The lowest BCUT2D eigenvalue weighted by Gasteiger charge is -2.26. The second-order valence-corrected chi connectivity index (χ2v) is 6.99. The lowest BCUT2D eigenvalue weighted by atomic mass is 10.2. The van der Waals surface area contributed by atoms with Crippen molar-refractivity contribution in [1.82, 2.24) is 19.9 Å². The third-order valence-corrected chi connectivity index (χ3v) is 5.17. The van der Waals surface area contributed by atoms with Gasteiger partial charge < -0.3 is 15.3 Å². The number of benzene rings is 1. The maximum absolute atomic E-state index is 9.91. The summed E-state index contributed by atoms with van der Waals surface area (Å²) >= 11 is 1.58. The fraction of sp³-hybridized carbons (Fsp3) is 0.375. The Morgan fingerprint density at radius 1 is 1.17 bits per heavy atom. The molecule has 1 aliphatic heterocycles. The van der Waals surface area contributed by atoms with Gasteiger partial charge in [-0.25, -0.2) is 4.98 Å². The molecular formula is C16H18N6OS. The Labute approximate surface area is 143 Å². The third-order valence-electron chi connectivity index (χ3n) is 4.38. The van der Waals surface area contributed by atoms with E-state index in [0.717, 1.165) is 28.7 Å². The first-order valence-corrected chi connectivity index (χ1v) is 8.82. The van der Waals surface area contributed by atoms with E-state index in [0.29, 0.717) is 24.0 Å². The molecule has 0 aliphatic carbocycles. The van der Waals surface area contributed by atoms with Crippen molar-refractivity contribution in [1.29, 1.82) is 0 Å². The van der Waals surface area contributed by atoms with Crippen molar-refractivity contribution in [2.24, 2.45) is 0 Å². The Morgan fingerprint density at radius 2 is 1.96 bits per heavy atom. The van der Waals surface area contributed by atoms with Crippen molar-refractivity contribution >= 4 is 39.1 Å². The average Bonchev–Trinajstić information content (AvgIpc) is 3.12. The number of hydrogen-bond acceptors (Lipinski definition) is 8. The van der Waals surface area contributed by atoms with Gasteiger partial charge in [0.15, 0.2) is 0 Å². The van der Waals surface area contributed by atoms with Gasteiger partial charge in [-0.3, -0.25) is 0 Å². The van der Waals surface area contributed by atoms with Crippen LogP contribution in [0.25, 0.3) is 10.2 Å². The molecule has 0 saturated carbocycles. The summed E-state index contributed by atoms with van der Waals surface area (Å²) in [5, 5.41) is 13.1. The number of nitrogens with one attached hydrogen (secondary N) is 1. The summed E-state index contributed by atoms with van der Waals surface area (Å²) in [4.78, 5) is 19.0. The molecule has 1 aliphatic rings. The number of nitrogens with zero attached hydrogens (tertiary/aromatic N) is 5. The summed E-state index contributed by atoms with van der Waals surface area (Å²) < 4.78 is 1.08. The minimum atomic E-state index is -0.271. The zero-order valence-electron chi connectivity index (χ0n) is 13.5. The van der Waals surface area contributed by atoms with Crippen LogP contribution in [0.2, 0.25) is 0 Å². The predicted molar refractivity (Wildman–Crippen MR) is 95.0 cm³/mol. The molecule has 8 heteroatoms. The maximum atomic E-state index is 9.91. The number of aromatic hydroxyl groups is 1. The van der Waals surface area contributed by atoms with Crippen molar-refractivity contribution in [2.45, 2.75) is 38.8 Å². The molecule has 3 aromatic rings. The minimum Gasteiger partial charge on any atom is -0.479 e. The first-order valence-electron chi connectivity index (χ1n) is 7.94. The predicted octanol–water partition coefficient (Wildman–Crippen LogP) is 3.31. The van der Waals surface area contributed by atoms with Crippen LogP contribution in [0.3, 0.4) is 0 Å². The standard InChI is InChI=1S/C16H18N6OS/c1-9-3-4-10(2)22(9)15-19-14(20-16(23)21-15)18-11-5-6-12-13(7-11)24-8-17-12/h5-10H,3-4H2,1-2H3,(H2,18,19,20,21,23). The molecule has 1 saturated heterocycles. The molecule has 0 bridgehead atoms. The first kappa shape index (κ1) is 15.1. The summed E-state index contributed by atoms with van der Waals surface area (Å²) in [5.74, 6) is 0.856. The van der Waals surface area contributed by atoms with Crippen molar-refractivity contribution in [2.75, 3.05) is 10.2 Å². The van der Waals surface area contributed by atoms with Gasteiger partial charge in [-0.2, -0.15) is 15.0 Å². The van der Waals surface area contributed by atoms with Crippen molar-refractivity contribution in [3.63, 3.8) is 0 Å². The van der Waals surface area contributed by atoms with Gasteiger partial charge >= 0.3 is 6.01 Å². The number of aromatic nitrogens is 4. The van der Waals surface area contributed by atoms with E-state index < -0.39 is 0 Å². The Balaban J connectivity index is 1.65. The van der Waals surface area contributed by atoms with Gasteiger partial charge in [0, 0.05) is 17.8 Å². The largest absolute Gasteiger partial charge is 0.479 e. The second-order valence-electron chi connectivity index (χ2n) is 6.10. The van der Waals surface area contributed by atoms with E-state index in [9.17, 15) is 5.11 Å². The highest BCUT2D eigenvalue weighted by atomic mass is 32.1. The Kier molecular flexibility index (Phi) is 3.68. The van der Waals surface area contributed by atoms with Gasteiger partial charge in [0.05, 0.1) is 15.7 Å². The highest BCUT2D eigenvalue weighted by Gasteiger charge is 2.30. The topological polar surface area (TPSA) is 87.1 Å². The molecule has 1 fully saturated rings. The van der Waals surface area contributed by atoms with E-state index in [4.69, 9.17) is 0 Å². The van der Waals surface area contributed by atoms with Gasteiger partial charge in [0.25, 0.3) is 0 Å². The van der Waals surface area contributed by atoms with Crippen LogP contribution >= 0.6 is 11.3 Å². The van der Waals surface area contributed by atoms with Gasteiger partial charge in [-0.15, -0.1) is 11.3 Å². The van der Waals surface area contributed by atoms with Crippen molar-refractivity contribution < 1.29 is 5.11 Å². The fourth-order valence-electron chi connectivity index (χ4n) is 3.18. The van der Waals surface area contributed by atoms with E-state index in [1.165, 1.54) is 0 Å². The molecule has 2 N–H and O–H groups in total. The normalized spacial score (nSPS) is 20.7. The smallest absolute Gasteiger partial charge is 0.320 e. The van der Waals surface area contributed by atoms with Crippen LogP contribution in [-0.2, 0) is 0 Å². The second kappa shape index (κ2) is 5.86. The summed E-state index contributed by atoms with van der Waals surface area (Å²) in [7, 11) is 0. The summed E-state index contributed by atoms with van der Waals surface area (Å²) in [6.45, 7) is 4.30. The van der Waals surface area contributed by atoms with E-state index in [1.807, 2.05) is 23.7 Å². The highest BCUT2D eigenvalue weighted by molar-refractivity contribution is 7.16. The first-order chi connectivity index (χ1) is 11.6. The molecule has 24 heavy (non-hydrogen) atoms. The van der Waals surface area contributed by atoms with E-state index in [2.05, 4.69) is 44.0 Å². The Hall–Kier alpha value is -2.48. The molecule has 0 radical (unpaired) electrons. The summed E-state index contributed by atoms with van der Waals surface area (Å²) in [6, 6.07) is 6.29. The number of rotatable bonds is 3. The molecule has 0 amide bonds. The third kappa shape index (κ3) is 2.73. The lowest BCUT2D eigenvalue weighted by Crippen LogP contribution is -2.34. The van der Waals surface area contributed by atoms with Crippen LogP contribution in [0.1, 0.15) is 26.7 Å². The number of hydrogen-bond donors (Lipinski definition) is 2. The number of thiazole rings is 1. The molecule has 2 unspecified atom stereocenters. The molecule has 4 rings (SSSR count). The van der Waals surface area contributed by atoms with Crippen molar-refractivity contribution in [3.8, 4) is 6.01 Å². The van der Waals surface area contributed by atoms with Crippen LogP contribution in [0.5, 0.6) is 6.01 Å². The molecule has 2 atom stereocenters. The molecule has 1 aromatic carbocycles. The summed E-state index contributed by atoms with van der Waals surface area (Å²) in [6.07, 6.45) is 2.19. The molecule has 2 aromatic heterocycles. The maximum Gasteiger partial charge on any atom is 0.320 e. The molecule has 3 heterocycles. The Bertz CT molecular complexity index is 872. The molecular weight excluding hydrogens is 324 g/mol. The van der Waals surface area contributed by atoms with Gasteiger partial charge in [0.2, 0.25) is 11.9 Å². The van der Waals surface area contributed by atoms with E-state index in [1.54, 1.807) is 11.3 Å². The molecule has 7 nitrogen and oxygen atoms in total. The van der Waals surface area contributed by atoms with Crippen LogP contribution in [0, 0.1) is 0 Å². The zero-order valence-corrected chi connectivity index (χ0v) is 14.3. The highest BCUT2D eigenvalue weighted by Crippen LogP contribution is 2.29. The van der Waals surface area contributed by atoms with Crippen LogP contribution < -0.4 is 10.2 Å². The quantitative estimate of drug-likeness (QED) is 0.755. The average molecular weight is 342 g/mol. The van der Waals surface area contributed by atoms with E-state index in [-0.39, 0.29) is 6.01 Å².